The number of amides is 2. The third-order valence-electron chi connectivity index (χ3n) is 4.84. The molecule has 2 heterocycles. The van der Waals surface area contributed by atoms with Crippen molar-refractivity contribution in [3.63, 3.8) is 0 Å². The molecule has 0 unspecified atom stereocenters. The maximum atomic E-state index is 13.2. The average molecular weight is 438 g/mol. The van der Waals surface area contributed by atoms with E-state index in [9.17, 15) is 9.59 Å². The molecule has 2 aromatic rings. The molecule has 4 rings (SSSR count). The highest BCUT2D eigenvalue weighted by molar-refractivity contribution is 8.18. The summed E-state index contributed by atoms with van der Waals surface area (Å²) in [7, 11) is 0. The molecule has 0 saturated carbocycles. The molecule has 2 saturated heterocycles. The fourth-order valence-electron chi connectivity index (χ4n) is 3.32. The molecule has 0 aliphatic carbocycles. The van der Waals surface area contributed by atoms with Crippen molar-refractivity contribution in [3.8, 4) is 5.75 Å². The Morgan fingerprint density at radius 3 is 2.68 bits per heavy atom. The van der Waals surface area contributed by atoms with Gasteiger partial charge in [-0.05, 0) is 60.5 Å². The number of ether oxygens (including phenoxy) is 2. The largest absolute Gasteiger partial charge is 0.484 e. The topological polar surface area (TPSA) is 94.2 Å². The fraction of sp³-hybridized carbons (Fsp3) is 0.261. The predicted molar refractivity (Wildman–Crippen MR) is 121 cm³/mol. The first-order valence-electron chi connectivity index (χ1n) is 10.1. The minimum Gasteiger partial charge on any atom is -0.484 e. The van der Waals surface area contributed by atoms with Crippen LogP contribution in [-0.4, -0.2) is 47.7 Å². The number of para-hydroxylation sites is 1. The summed E-state index contributed by atoms with van der Waals surface area (Å²) in [6.07, 6.45) is 3.82. The molecular weight excluding hydrogens is 414 g/mol. The highest BCUT2D eigenvalue weighted by Crippen LogP contribution is 2.35. The molecule has 0 bridgehead atoms. The minimum absolute atomic E-state index is 0.0339. The lowest BCUT2D eigenvalue weighted by Crippen LogP contribution is -2.36. The number of carbonyl (C=O) groups excluding carboxylic acids is 2. The third kappa shape index (κ3) is 5.53. The molecule has 0 radical (unpaired) electrons. The number of benzene rings is 2. The maximum Gasteiger partial charge on any atom is 0.266 e. The van der Waals surface area contributed by atoms with Crippen LogP contribution < -0.4 is 10.5 Å². The molecule has 0 aromatic heterocycles. The number of carbonyl (C=O) groups is 2. The molecule has 0 spiro atoms. The van der Waals surface area contributed by atoms with E-state index in [1.54, 1.807) is 17.0 Å². The van der Waals surface area contributed by atoms with Crippen LogP contribution in [0.2, 0.25) is 0 Å². The maximum absolute atomic E-state index is 13.2. The first-order chi connectivity index (χ1) is 15.1. The Bertz CT molecular complexity index is 999. The minimum atomic E-state index is -0.532. The van der Waals surface area contributed by atoms with Gasteiger partial charge in [-0.3, -0.25) is 14.5 Å². The summed E-state index contributed by atoms with van der Waals surface area (Å²) in [5.41, 5.74) is 6.74. The number of hydrogen-bond donors (Lipinski definition) is 1. The van der Waals surface area contributed by atoms with Gasteiger partial charge in [-0.15, -0.1) is 0 Å². The lowest BCUT2D eigenvalue weighted by molar-refractivity contribution is -0.123. The van der Waals surface area contributed by atoms with Crippen molar-refractivity contribution >= 4 is 40.5 Å². The van der Waals surface area contributed by atoms with Gasteiger partial charge in [0.25, 0.3) is 11.8 Å². The van der Waals surface area contributed by atoms with E-state index in [-0.39, 0.29) is 18.6 Å². The highest BCUT2D eigenvalue weighted by Gasteiger charge is 2.35. The first kappa shape index (κ1) is 21.1. The Hall–Kier alpha value is -3.10. The quantitative estimate of drug-likeness (QED) is 0.671. The lowest BCUT2D eigenvalue weighted by atomic mass is 10.2. The standard InChI is InChI=1S/C23H23N3O4S/c24-21(27)15-30-18-10-8-16(9-11-18)13-20-22(28)26(14-19-7-4-12-29-19)23(31-20)25-17-5-2-1-3-6-17/h1-3,5-6,8-11,13,19H,4,7,12,14-15H2,(H2,24,27)/b20-13-,25-23?/t19-/m0/s1. The van der Waals surface area contributed by atoms with Gasteiger partial charge >= 0.3 is 0 Å². The summed E-state index contributed by atoms with van der Waals surface area (Å²) < 4.78 is 11.0. The highest BCUT2D eigenvalue weighted by atomic mass is 32.2. The molecule has 160 valence electrons. The second kappa shape index (κ2) is 9.80. The van der Waals surface area contributed by atoms with Crippen LogP contribution in [-0.2, 0) is 14.3 Å². The van der Waals surface area contributed by atoms with Crippen molar-refractivity contribution in [1.82, 2.24) is 4.90 Å². The van der Waals surface area contributed by atoms with Gasteiger partial charge in [-0.2, -0.15) is 0 Å². The van der Waals surface area contributed by atoms with E-state index in [0.717, 1.165) is 30.7 Å². The zero-order valence-corrected chi connectivity index (χ0v) is 17.7. The molecular formula is C23H23N3O4S. The Balaban J connectivity index is 1.55. The zero-order valence-electron chi connectivity index (χ0n) is 16.9. The van der Waals surface area contributed by atoms with Crippen LogP contribution in [0, 0.1) is 0 Å². The van der Waals surface area contributed by atoms with Gasteiger partial charge in [0.2, 0.25) is 0 Å². The number of nitrogens with zero attached hydrogens (tertiary/aromatic N) is 2. The van der Waals surface area contributed by atoms with Crippen molar-refractivity contribution in [2.45, 2.75) is 18.9 Å². The molecule has 8 heteroatoms. The van der Waals surface area contributed by atoms with Crippen molar-refractivity contribution in [1.29, 1.82) is 0 Å². The third-order valence-corrected chi connectivity index (χ3v) is 5.84. The number of nitrogens with two attached hydrogens (primary N) is 1. The van der Waals surface area contributed by atoms with E-state index in [1.807, 2.05) is 48.5 Å². The summed E-state index contributed by atoms with van der Waals surface area (Å²) in [6, 6.07) is 16.7. The molecule has 2 aliphatic rings. The normalized spacial score (nSPS) is 21.2. The van der Waals surface area contributed by atoms with Gasteiger partial charge < -0.3 is 15.2 Å². The van der Waals surface area contributed by atoms with Crippen LogP contribution in [0.4, 0.5) is 5.69 Å². The van der Waals surface area contributed by atoms with Crippen LogP contribution in [0.5, 0.6) is 5.75 Å². The Morgan fingerprint density at radius 1 is 1.23 bits per heavy atom. The molecule has 2 amide bonds. The summed E-state index contributed by atoms with van der Waals surface area (Å²) in [5, 5.41) is 0.652. The Morgan fingerprint density at radius 2 is 2.00 bits per heavy atom. The van der Waals surface area contributed by atoms with E-state index >= 15 is 0 Å². The lowest BCUT2D eigenvalue weighted by Gasteiger charge is -2.19. The van der Waals surface area contributed by atoms with Crippen molar-refractivity contribution in [3.05, 3.63) is 65.1 Å². The van der Waals surface area contributed by atoms with Gasteiger partial charge in [0, 0.05) is 6.61 Å². The molecule has 2 N–H and O–H groups in total. The van der Waals surface area contributed by atoms with E-state index in [2.05, 4.69) is 0 Å². The van der Waals surface area contributed by atoms with Crippen molar-refractivity contribution in [2.75, 3.05) is 19.8 Å². The summed E-state index contributed by atoms with van der Waals surface area (Å²) >= 11 is 1.36. The summed E-state index contributed by atoms with van der Waals surface area (Å²) in [6.45, 7) is 1.05. The zero-order chi connectivity index (χ0) is 21.6. The number of thioether (sulfide) groups is 1. The van der Waals surface area contributed by atoms with Crippen LogP contribution in [0.1, 0.15) is 18.4 Å². The van der Waals surface area contributed by atoms with Gasteiger partial charge in [0.15, 0.2) is 11.8 Å². The van der Waals surface area contributed by atoms with Gasteiger partial charge in [-0.1, -0.05) is 30.3 Å². The molecule has 7 nitrogen and oxygen atoms in total. The smallest absolute Gasteiger partial charge is 0.266 e. The Labute approximate surface area is 184 Å². The first-order valence-corrected chi connectivity index (χ1v) is 10.9. The average Bonchev–Trinajstić information content (AvgIpc) is 3.38. The van der Waals surface area contributed by atoms with Crippen LogP contribution in [0.3, 0.4) is 0 Å². The SMILES string of the molecule is NC(=O)COc1ccc(/C=C2\SC(=Nc3ccccc3)N(C[C@@H]3CCCO3)C2=O)cc1. The fourth-order valence-corrected chi connectivity index (χ4v) is 4.33. The van der Waals surface area contributed by atoms with Gasteiger partial charge in [0.05, 0.1) is 23.2 Å². The second-order valence-electron chi connectivity index (χ2n) is 7.22. The molecule has 2 fully saturated rings. The molecule has 2 aliphatic heterocycles. The van der Waals surface area contributed by atoms with E-state index in [1.165, 1.54) is 11.8 Å². The molecule has 31 heavy (non-hydrogen) atoms. The van der Waals surface area contributed by atoms with Gasteiger partial charge in [-0.25, -0.2) is 4.99 Å². The van der Waals surface area contributed by atoms with E-state index < -0.39 is 5.91 Å². The van der Waals surface area contributed by atoms with E-state index in [0.29, 0.717) is 22.4 Å². The Kier molecular flexibility index (Phi) is 6.69. The summed E-state index contributed by atoms with van der Waals surface area (Å²) in [5.74, 6) is -0.0716. The van der Waals surface area contributed by atoms with Crippen LogP contribution in [0.15, 0.2) is 64.5 Å². The number of aliphatic imine (C=N–C) groups is 1. The molecule has 2 aromatic carbocycles. The number of rotatable bonds is 7. The number of hydrogen-bond acceptors (Lipinski definition) is 6. The van der Waals surface area contributed by atoms with E-state index in [4.69, 9.17) is 20.2 Å². The number of amidine groups is 1. The van der Waals surface area contributed by atoms with Crippen LogP contribution >= 0.6 is 11.8 Å². The molecule has 1 atom stereocenters. The van der Waals surface area contributed by atoms with Gasteiger partial charge in [0.1, 0.15) is 5.75 Å². The summed E-state index contributed by atoms with van der Waals surface area (Å²) in [4.78, 5) is 31.0. The van der Waals surface area contributed by atoms with Crippen LogP contribution in [0.25, 0.3) is 6.08 Å². The monoisotopic (exact) mass is 437 g/mol. The predicted octanol–water partition coefficient (Wildman–Crippen LogP) is 3.33. The van der Waals surface area contributed by atoms with Crippen molar-refractivity contribution in [2.24, 2.45) is 10.7 Å². The number of primary amides is 1. The second-order valence-corrected chi connectivity index (χ2v) is 8.22. The van der Waals surface area contributed by atoms with Crippen molar-refractivity contribution < 1.29 is 19.1 Å².